The summed E-state index contributed by atoms with van der Waals surface area (Å²) in [5, 5.41) is 5.99. The molecular weight excluding hydrogens is 228 g/mol. The molecule has 0 aliphatic carbocycles. The molecule has 2 rings (SSSR count). The van der Waals surface area contributed by atoms with Crippen LogP contribution in [0.25, 0.3) is 0 Å². The largest absolute Gasteiger partial charge is 0.381 e. The van der Waals surface area contributed by atoms with Gasteiger partial charge in [0.2, 0.25) is 0 Å². The fourth-order valence-electron chi connectivity index (χ4n) is 1.37. The minimum absolute atomic E-state index is 0.236. The minimum atomic E-state index is -0.236. The number of rotatable bonds is 3. The lowest BCUT2D eigenvalue weighted by Crippen LogP contribution is -2.40. The zero-order chi connectivity index (χ0) is 11.4. The van der Waals surface area contributed by atoms with Gasteiger partial charge >= 0.3 is 6.03 Å². The van der Waals surface area contributed by atoms with Gasteiger partial charge in [0.05, 0.1) is 23.9 Å². The Kier molecular flexibility index (Phi) is 3.64. The second-order valence-corrected chi connectivity index (χ2v) is 4.13. The maximum atomic E-state index is 11.5. The van der Waals surface area contributed by atoms with E-state index in [4.69, 9.17) is 16.3 Å². The smallest absolute Gasteiger partial charge is 0.319 e. The molecule has 0 atom stereocenters. The van der Waals surface area contributed by atoms with Crippen molar-refractivity contribution < 1.29 is 9.53 Å². The first-order chi connectivity index (χ1) is 7.75. The first-order valence-corrected chi connectivity index (χ1v) is 5.50. The Morgan fingerprint density at radius 2 is 2.19 bits per heavy atom. The Labute approximate surface area is 98.9 Å². The molecule has 1 aromatic rings. The molecule has 1 aliphatic heterocycles. The van der Waals surface area contributed by atoms with Crippen molar-refractivity contribution in [3.8, 4) is 0 Å². The molecule has 0 bridgehead atoms. The number of carbonyl (C=O) groups is 1. The summed E-state index contributed by atoms with van der Waals surface area (Å²) in [7, 11) is 0. The third-order valence-electron chi connectivity index (χ3n) is 2.38. The maximum absolute atomic E-state index is 11.5. The minimum Gasteiger partial charge on any atom is -0.381 e. The highest BCUT2D eigenvalue weighted by atomic mass is 35.5. The van der Waals surface area contributed by atoms with E-state index < -0.39 is 0 Å². The van der Waals surface area contributed by atoms with Crippen molar-refractivity contribution >= 4 is 23.3 Å². The number of benzene rings is 1. The number of hydrogen-bond acceptors (Lipinski definition) is 2. The average Bonchev–Trinajstić information content (AvgIpc) is 2.19. The summed E-state index contributed by atoms with van der Waals surface area (Å²) in [6.07, 6.45) is 0. The molecule has 86 valence electrons. The van der Waals surface area contributed by atoms with Crippen LogP contribution in [0.3, 0.4) is 0 Å². The lowest BCUT2D eigenvalue weighted by Gasteiger charge is -2.25. The number of carbonyl (C=O) groups excluding carboxylic acids is 1. The Hall–Kier alpha value is -1.26. The summed E-state index contributed by atoms with van der Waals surface area (Å²) in [6, 6.07) is 6.89. The second-order valence-electron chi connectivity index (χ2n) is 3.72. The van der Waals surface area contributed by atoms with Crippen LogP contribution in [0.4, 0.5) is 10.5 Å². The van der Waals surface area contributed by atoms with Gasteiger partial charge in [-0.15, -0.1) is 0 Å². The monoisotopic (exact) mass is 240 g/mol. The zero-order valence-corrected chi connectivity index (χ0v) is 9.46. The second kappa shape index (κ2) is 5.18. The molecule has 2 N–H and O–H groups in total. The van der Waals surface area contributed by atoms with Crippen molar-refractivity contribution in [1.82, 2.24) is 5.32 Å². The Bertz CT molecular complexity index is 380. The highest BCUT2D eigenvalue weighted by Crippen LogP contribution is 2.20. The quantitative estimate of drug-likeness (QED) is 0.850. The molecule has 1 fully saturated rings. The molecule has 4 nitrogen and oxygen atoms in total. The summed E-state index contributed by atoms with van der Waals surface area (Å²) in [4.78, 5) is 11.5. The van der Waals surface area contributed by atoms with Crippen LogP contribution in [0.2, 0.25) is 5.02 Å². The van der Waals surface area contributed by atoms with Gasteiger partial charge in [0, 0.05) is 12.5 Å². The van der Waals surface area contributed by atoms with Gasteiger partial charge in [-0.1, -0.05) is 23.7 Å². The third kappa shape index (κ3) is 2.87. The molecule has 5 heteroatoms. The summed E-state index contributed by atoms with van der Waals surface area (Å²) in [6.45, 7) is 2.09. The van der Waals surface area contributed by atoms with E-state index in [-0.39, 0.29) is 6.03 Å². The van der Waals surface area contributed by atoms with Crippen LogP contribution in [-0.2, 0) is 4.74 Å². The van der Waals surface area contributed by atoms with Crippen molar-refractivity contribution in [1.29, 1.82) is 0 Å². The molecule has 1 aliphatic rings. The van der Waals surface area contributed by atoms with E-state index in [9.17, 15) is 4.79 Å². The molecule has 0 unspecified atom stereocenters. The number of ether oxygens (including phenoxy) is 1. The van der Waals surface area contributed by atoms with Crippen LogP contribution in [0, 0.1) is 5.92 Å². The van der Waals surface area contributed by atoms with Crippen LogP contribution in [0.5, 0.6) is 0 Å². The molecule has 1 heterocycles. The predicted octanol–water partition coefficient (Wildman–Crippen LogP) is 2.11. The predicted molar refractivity (Wildman–Crippen MR) is 62.8 cm³/mol. The molecular formula is C11H13ClN2O2. The number of nitrogens with one attached hydrogen (secondary N) is 2. The zero-order valence-electron chi connectivity index (χ0n) is 8.70. The van der Waals surface area contributed by atoms with Crippen molar-refractivity contribution in [2.75, 3.05) is 25.1 Å². The summed E-state index contributed by atoms with van der Waals surface area (Å²) >= 11 is 5.91. The molecule has 1 saturated heterocycles. The first-order valence-electron chi connectivity index (χ1n) is 5.13. The van der Waals surface area contributed by atoms with E-state index in [1.165, 1.54) is 0 Å². The van der Waals surface area contributed by atoms with E-state index in [1.54, 1.807) is 12.1 Å². The van der Waals surface area contributed by atoms with Gasteiger partial charge in [0.15, 0.2) is 0 Å². The van der Waals surface area contributed by atoms with Crippen LogP contribution in [-0.4, -0.2) is 25.8 Å². The SMILES string of the molecule is O=C(NCC1COC1)Nc1ccccc1Cl. The molecule has 2 amide bonds. The van der Waals surface area contributed by atoms with Gasteiger partial charge in [-0.3, -0.25) is 0 Å². The summed E-state index contributed by atoms with van der Waals surface area (Å²) in [5.41, 5.74) is 0.617. The van der Waals surface area contributed by atoms with Crippen molar-refractivity contribution in [2.45, 2.75) is 0 Å². The number of anilines is 1. The summed E-state index contributed by atoms with van der Waals surface area (Å²) in [5.74, 6) is 0.442. The molecule has 0 saturated carbocycles. The van der Waals surface area contributed by atoms with Crippen LogP contribution in [0.1, 0.15) is 0 Å². The van der Waals surface area contributed by atoms with E-state index in [0.29, 0.717) is 23.2 Å². The maximum Gasteiger partial charge on any atom is 0.319 e. The molecule has 1 aromatic carbocycles. The average molecular weight is 241 g/mol. The third-order valence-corrected chi connectivity index (χ3v) is 2.71. The highest BCUT2D eigenvalue weighted by Gasteiger charge is 2.18. The van der Waals surface area contributed by atoms with Gasteiger partial charge in [-0.25, -0.2) is 4.79 Å². The first kappa shape index (κ1) is 11.2. The number of amides is 2. The van der Waals surface area contributed by atoms with Gasteiger partial charge in [0.25, 0.3) is 0 Å². The number of hydrogen-bond donors (Lipinski definition) is 2. The summed E-state index contributed by atoms with van der Waals surface area (Å²) < 4.78 is 5.01. The van der Waals surface area contributed by atoms with Crippen LogP contribution in [0.15, 0.2) is 24.3 Å². The Balaban J connectivity index is 1.80. The number of para-hydroxylation sites is 1. The fourth-order valence-corrected chi connectivity index (χ4v) is 1.55. The van der Waals surface area contributed by atoms with E-state index in [2.05, 4.69) is 10.6 Å². The highest BCUT2D eigenvalue weighted by molar-refractivity contribution is 6.33. The van der Waals surface area contributed by atoms with Crippen LogP contribution >= 0.6 is 11.6 Å². The van der Waals surface area contributed by atoms with Crippen molar-refractivity contribution in [2.24, 2.45) is 5.92 Å². The molecule has 16 heavy (non-hydrogen) atoms. The fraction of sp³-hybridized carbons (Fsp3) is 0.364. The van der Waals surface area contributed by atoms with E-state index in [0.717, 1.165) is 13.2 Å². The lowest BCUT2D eigenvalue weighted by molar-refractivity contribution is -0.0292. The normalized spacial score (nSPS) is 15.3. The van der Waals surface area contributed by atoms with E-state index in [1.807, 2.05) is 12.1 Å². The van der Waals surface area contributed by atoms with Gasteiger partial charge < -0.3 is 15.4 Å². The number of urea groups is 1. The number of halogens is 1. The van der Waals surface area contributed by atoms with Crippen LogP contribution < -0.4 is 10.6 Å². The molecule has 0 aromatic heterocycles. The molecule has 0 spiro atoms. The standard InChI is InChI=1S/C11H13ClN2O2/c12-9-3-1-2-4-10(9)14-11(15)13-5-8-6-16-7-8/h1-4,8H,5-7H2,(H2,13,14,15). The van der Waals surface area contributed by atoms with Crippen molar-refractivity contribution in [3.63, 3.8) is 0 Å². The Morgan fingerprint density at radius 3 is 2.81 bits per heavy atom. The van der Waals surface area contributed by atoms with Gasteiger partial charge in [0.1, 0.15) is 0 Å². The van der Waals surface area contributed by atoms with Gasteiger partial charge in [-0.05, 0) is 12.1 Å². The van der Waals surface area contributed by atoms with E-state index >= 15 is 0 Å². The van der Waals surface area contributed by atoms with Crippen molar-refractivity contribution in [3.05, 3.63) is 29.3 Å². The van der Waals surface area contributed by atoms with Gasteiger partial charge in [-0.2, -0.15) is 0 Å². The topological polar surface area (TPSA) is 50.4 Å². The Morgan fingerprint density at radius 1 is 1.44 bits per heavy atom. The lowest BCUT2D eigenvalue weighted by atomic mass is 10.1. The molecule has 0 radical (unpaired) electrons.